The Hall–Kier alpha value is -0.900. The lowest BCUT2D eigenvalue weighted by Crippen LogP contribution is -2.60. The maximum Gasteiger partial charge on any atom is 0.0703 e. The number of piperazine rings is 1. The molecule has 2 heterocycles. The molecule has 3 heteroatoms. The molecule has 0 bridgehead atoms. The van der Waals surface area contributed by atoms with Crippen molar-refractivity contribution in [3.63, 3.8) is 0 Å². The molecule has 2 fully saturated rings. The third-order valence-electron chi connectivity index (χ3n) is 4.69. The van der Waals surface area contributed by atoms with Gasteiger partial charge in [-0.15, -0.1) is 0 Å². The summed E-state index contributed by atoms with van der Waals surface area (Å²) in [5.74, 6) is 0. The van der Waals surface area contributed by atoms with Crippen LogP contribution in [0.25, 0.3) is 0 Å². The second-order valence-corrected chi connectivity index (χ2v) is 6.70. The topological polar surface area (TPSA) is 24.5 Å². The summed E-state index contributed by atoms with van der Waals surface area (Å²) < 4.78 is 5.83. The number of benzene rings is 1. The van der Waals surface area contributed by atoms with Gasteiger partial charge in [-0.2, -0.15) is 0 Å². The van der Waals surface area contributed by atoms with Crippen molar-refractivity contribution in [1.29, 1.82) is 0 Å². The van der Waals surface area contributed by atoms with Gasteiger partial charge in [0.1, 0.15) is 0 Å². The minimum atomic E-state index is 0.206. The second kappa shape index (κ2) is 5.84. The molecule has 0 spiro atoms. The molecular weight excluding hydrogens is 248 g/mol. The summed E-state index contributed by atoms with van der Waals surface area (Å²) in [6.07, 6.45) is 2.87. The van der Waals surface area contributed by atoms with Gasteiger partial charge in [0.15, 0.2) is 0 Å². The summed E-state index contributed by atoms with van der Waals surface area (Å²) in [5, 5.41) is 3.70. The van der Waals surface area contributed by atoms with Crippen LogP contribution in [0, 0.1) is 0 Å². The summed E-state index contributed by atoms with van der Waals surface area (Å²) in [4.78, 5) is 2.61. The van der Waals surface area contributed by atoms with Crippen LogP contribution in [-0.4, -0.2) is 42.8 Å². The smallest absolute Gasteiger partial charge is 0.0703 e. The summed E-state index contributed by atoms with van der Waals surface area (Å²) in [7, 11) is 0. The Morgan fingerprint density at radius 2 is 2.10 bits per heavy atom. The van der Waals surface area contributed by atoms with Gasteiger partial charge in [-0.25, -0.2) is 0 Å². The highest BCUT2D eigenvalue weighted by Crippen LogP contribution is 2.27. The zero-order valence-corrected chi connectivity index (χ0v) is 12.6. The van der Waals surface area contributed by atoms with Gasteiger partial charge in [-0.3, -0.25) is 4.90 Å². The third kappa shape index (κ3) is 3.05. The van der Waals surface area contributed by atoms with Crippen LogP contribution < -0.4 is 5.32 Å². The van der Waals surface area contributed by atoms with Gasteiger partial charge in [0.2, 0.25) is 0 Å². The molecule has 0 radical (unpaired) electrons. The predicted molar refractivity (Wildman–Crippen MR) is 81.8 cm³/mol. The van der Waals surface area contributed by atoms with E-state index in [0.29, 0.717) is 12.1 Å². The fraction of sp³-hybridized carbons (Fsp3) is 0.647. The first kappa shape index (κ1) is 14.1. The van der Waals surface area contributed by atoms with Crippen molar-refractivity contribution in [3.8, 4) is 0 Å². The Morgan fingerprint density at radius 1 is 1.30 bits per heavy atom. The Bertz CT molecular complexity index is 426. The van der Waals surface area contributed by atoms with Crippen molar-refractivity contribution >= 4 is 0 Å². The summed E-state index contributed by atoms with van der Waals surface area (Å²) in [6, 6.07) is 11.2. The Labute approximate surface area is 122 Å². The van der Waals surface area contributed by atoms with E-state index in [0.717, 1.165) is 26.2 Å². The molecule has 0 aromatic heterocycles. The summed E-state index contributed by atoms with van der Waals surface area (Å²) in [5.41, 5.74) is 1.59. The summed E-state index contributed by atoms with van der Waals surface area (Å²) >= 11 is 0. The number of ether oxygens (including phenoxy) is 1. The molecule has 0 amide bonds. The zero-order valence-electron chi connectivity index (χ0n) is 12.6. The molecule has 110 valence electrons. The lowest BCUT2D eigenvalue weighted by molar-refractivity contribution is 0.00752. The van der Waals surface area contributed by atoms with Gasteiger partial charge in [0.25, 0.3) is 0 Å². The Kier molecular flexibility index (Phi) is 4.11. The number of nitrogens with one attached hydrogen (secondary N) is 1. The van der Waals surface area contributed by atoms with Crippen LogP contribution in [0.15, 0.2) is 30.3 Å². The first-order valence-electron chi connectivity index (χ1n) is 7.80. The average molecular weight is 274 g/mol. The number of nitrogens with zero attached hydrogens (tertiary/aromatic N) is 1. The van der Waals surface area contributed by atoms with Crippen molar-refractivity contribution in [2.45, 2.75) is 44.4 Å². The van der Waals surface area contributed by atoms with Crippen LogP contribution in [0.3, 0.4) is 0 Å². The maximum absolute atomic E-state index is 5.83. The van der Waals surface area contributed by atoms with E-state index in [-0.39, 0.29) is 5.54 Å². The average Bonchev–Trinajstić information content (AvgIpc) is 2.95. The Balaban J connectivity index is 1.69. The maximum atomic E-state index is 5.83. The molecule has 2 saturated heterocycles. The molecule has 0 saturated carbocycles. The second-order valence-electron chi connectivity index (χ2n) is 6.70. The fourth-order valence-corrected chi connectivity index (χ4v) is 3.28. The molecule has 2 atom stereocenters. The van der Waals surface area contributed by atoms with Crippen molar-refractivity contribution in [1.82, 2.24) is 10.2 Å². The van der Waals surface area contributed by atoms with E-state index < -0.39 is 0 Å². The molecular formula is C17H26N2O. The quantitative estimate of drug-likeness (QED) is 0.917. The molecule has 3 rings (SSSR count). The molecule has 1 aromatic carbocycles. The first-order chi connectivity index (χ1) is 9.65. The van der Waals surface area contributed by atoms with Crippen LogP contribution in [0.2, 0.25) is 0 Å². The van der Waals surface area contributed by atoms with E-state index in [4.69, 9.17) is 4.74 Å². The van der Waals surface area contributed by atoms with E-state index in [1.54, 1.807) is 0 Å². The highest BCUT2D eigenvalue weighted by Gasteiger charge is 2.36. The lowest BCUT2D eigenvalue weighted by atomic mass is 9.94. The van der Waals surface area contributed by atoms with E-state index in [2.05, 4.69) is 54.4 Å². The van der Waals surface area contributed by atoms with Crippen LogP contribution in [0.5, 0.6) is 0 Å². The van der Waals surface area contributed by atoms with Gasteiger partial charge in [-0.05, 0) is 32.3 Å². The van der Waals surface area contributed by atoms with Crippen LogP contribution in [0.4, 0.5) is 0 Å². The minimum absolute atomic E-state index is 0.206. The lowest BCUT2D eigenvalue weighted by Gasteiger charge is -2.47. The Morgan fingerprint density at radius 3 is 2.80 bits per heavy atom. The van der Waals surface area contributed by atoms with Crippen LogP contribution in [-0.2, 0) is 4.74 Å². The largest absolute Gasteiger partial charge is 0.377 e. The summed E-state index contributed by atoms with van der Waals surface area (Å²) in [6.45, 7) is 8.76. The van der Waals surface area contributed by atoms with Gasteiger partial charge >= 0.3 is 0 Å². The molecule has 0 aliphatic carbocycles. The third-order valence-corrected chi connectivity index (χ3v) is 4.69. The monoisotopic (exact) mass is 274 g/mol. The van der Waals surface area contributed by atoms with E-state index >= 15 is 0 Å². The highest BCUT2D eigenvalue weighted by atomic mass is 16.5. The van der Waals surface area contributed by atoms with Crippen molar-refractivity contribution in [2.24, 2.45) is 0 Å². The SMILES string of the molecule is CC1(C)CNC(c2ccccc2)CN1CC1CCCO1. The van der Waals surface area contributed by atoms with E-state index in [1.165, 1.54) is 18.4 Å². The molecule has 20 heavy (non-hydrogen) atoms. The van der Waals surface area contributed by atoms with Crippen LogP contribution >= 0.6 is 0 Å². The first-order valence-corrected chi connectivity index (χ1v) is 7.80. The molecule has 1 aromatic rings. The van der Waals surface area contributed by atoms with E-state index in [1.807, 2.05) is 0 Å². The van der Waals surface area contributed by atoms with Gasteiger partial charge < -0.3 is 10.1 Å². The molecule has 1 N–H and O–H groups in total. The molecule has 2 aliphatic heterocycles. The normalized spacial score (nSPS) is 30.5. The fourth-order valence-electron chi connectivity index (χ4n) is 3.28. The van der Waals surface area contributed by atoms with E-state index in [9.17, 15) is 0 Å². The van der Waals surface area contributed by atoms with Crippen LogP contribution in [0.1, 0.15) is 38.3 Å². The minimum Gasteiger partial charge on any atom is -0.377 e. The predicted octanol–water partition coefficient (Wildman–Crippen LogP) is 2.59. The molecule has 2 unspecified atom stereocenters. The van der Waals surface area contributed by atoms with Crippen molar-refractivity contribution in [2.75, 3.05) is 26.2 Å². The number of rotatable bonds is 3. The molecule has 3 nitrogen and oxygen atoms in total. The number of hydrogen-bond donors (Lipinski definition) is 1. The number of hydrogen-bond acceptors (Lipinski definition) is 3. The van der Waals surface area contributed by atoms with Gasteiger partial charge in [0, 0.05) is 37.8 Å². The highest BCUT2D eigenvalue weighted by molar-refractivity contribution is 5.20. The van der Waals surface area contributed by atoms with Crippen molar-refractivity contribution in [3.05, 3.63) is 35.9 Å². The van der Waals surface area contributed by atoms with Gasteiger partial charge in [0.05, 0.1) is 6.10 Å². The van der Waals surface area contributed by atoms with Crippen molar-refractivity contribution < 1.29 is 4.74 Å². The van der Waals surface area contributed by atoms with Gasteiger partial charge in [-0.1, -0.05) is 30.3 Å². The zero-order chi connectivity index (χ0) is 14.0. The molecule has 2 aliphatic rings. The standard InChI is InChI=1S/C17H26N2O/c1-17(2)13-18-16(14-7-4-3-5-8-14)12-19(17)11-15-9-6-10-20-15/h3-5,7-8,15-16,18H,6,9-13H2,1-2H3.